The molecule has 0 amide bonds. The fraction of sp³-hybridized carbons (Fsp3) is 0.211. The number of anilines is 1. The number of sulfone groups is 1. The standard InChI is InChI=1S/C19H22N6O2S/c1-2-11-25-14-18(13-23-25)28(26,27)17-5-3-15(4-6-17)12-22-19(20)24-16-7-9-21-10-8-16/h3-10,13-14H,2,11-12H2,1H3,(H3,20,21,22,24). The summed E-state index contributed by atoms with van der Waals surface area (Å²) in [6.45, 7) is 3.08. The summed E-state index contributed by atoms with van der Waals surface area (Å²) in [5, 5.41) is 17.9. The molecule has 1 aromatic carbocycles. The van der Waals surface area contributed by atoms with Gasteiger partial charge in [-0.1, -0.05) is 19.1 Å². The third kappa shape index (κ3) is 4.74. The molecule has 146 valence electrons. The van der Waals surface area contributed by atoms with E-state index in [1.165, 1.54) is 6.20 Å². The Kier molecular flexibility index (Phi) is 6.05. The lowest BCUT2D eigenvalue weighted by atomic mass is 10.2. The molecule has 28 heavy (non-hydrogen) atoms. The van der Waals surface area contributed by atoms with Crippen LogP contribution in [0.4, 0.5) is 5.69 Å². The number of nitrogens with zero attached hydrogens (tertiary/aromatic N) is 3. The van der Waals surface area contributed by atoms with Crippen LogP contribution in [0.1, 0.15) is 18.9 Å². The van der Waals surface area contributed by atoms with Crippen molar-refractivity contribution in [3.8, 4) is 0 Å². The minimum Gasteiger partial charge on any atom is -0.352 e. The Hall–Kier alpha value is -3.20. The fourth-order valence-corrected chi connectivity index (χ4v) is 3.78. The van der Waals surface area contributed by atoms with Crippen LogP contribution < -0.4 is 10.6 Å². The zero-order valence-corrected chi connectivity index (χ0v) is 16.3. The fourth-order valence-electron chi connectivity index (χ4n) is 2.57. The van der Waals surface area contributed by atoms with Gasteiger partial charge >= 0.3 is 0 Å². The molecule has 0 bridgehead atoms. The van der Waals surface area contributed by atoms with E-state index in [9.17, 15) is 8.42 Å². The van der Waals surface area contributed by atoms with E-state index in [1.807, 2.05) is 6.92 Å². The molecule has 3 N–H and O–H groups in total. The Bertz CT molecular complexity index is 1030. The van der Waals surface area contributed by atoms with E-state index in [4.69, 9.17) is 5.41 Å². The predicted molar refractivity (Wildman–Crippen MR) is 107 cm³/mol. The van der Waals surface area contributed by atoms with E-state index in [2.05, 4.69) is 20.7 Å². The van der Waals surface area contributed by atoms with Gasteiger partial charge in [0.05, 0.1) is 11.1 Å². The van der Waals surface area contributed by atoms with Crippen molar-refractivity contribution < 1.29 is 8.42 Å². The third-order valence-corrected chi connectivity index (χ3v) is 5.75. The van der Waals surface area contributed by atoms with Crippen molar-refractivity contribution in [2.75, 3.05) is 5.32 Å². The molecule has 8 nitrogen and oxygen atoms in total. The van der Waals surface area contributed by atoms with Crippen LogP contribution in [0.15, 0.2) is 71.0 Å². The first-order valence-corrected chi connectivity index (χ1v) is 10.3. The molecule has 0 aliphatic carbocycles. The van der Waals surface area contributed by atoms with Gasteiger partial charge in [-0.2, -0.15) is 5.10 Å². The minimum atomic E-state index is -3.59. The number of guanidine groups is 1. The molecule has 3 aromatic rings. The number of rotatable bonds is 7. The number of aromatic nitrogens is 3. The molecular weight excluding hydrogens is 376 g/mol. The molecule has 0 fully saturated rings. The van der Waals surface area contributed by atoms with Crippen LogP contribution in [0, 0.1) is 5.41 Å². The maximum absolute atomic E-state index is 12.7. The van der Waals surface area contributed by atoms with Crippen molar-refractivity contribution in [1.82, 2.24) is 20.1 Å². The van der Waals surface area contributed by atoms with Gasteiger partial charge in [0.25, 0.3) is 0 Å². The third-order valence-electron chi connectivity index (χ3n) is 4.03. The molecule has 0 aliphatic heterocycles. The van der Waals surface area contributed by atoms with Crippen molar-refractivity contribution in [2.45, 2.75) is 36.2 Å². The average Bonchev–Trinajstić information content (AvgIpc) is 3.17. The van der Waals surface area contributed by atoms with Crippen LogP contribution in [0.5, 0.6) is 0 Å². The number of aryl methyl sites for hydroxylation is 1. The van der Waals surface area contributed by atoms with Crippen LogP contribution >= 0.6 is 0 Å². The van der Waals surface area contributed by atoms with Crippen LogP contribution in [0.25, 0.3) is 0 Å². The first-order valence-electron chi connectivity index (χ1n) is 8.85. The van der Waals surface area contributed by atoms with E-state index in [0.29, 0.717) is 13.1 Å². The zero-order valence-electron chi connectivity index (χ0n) is 15.5. The summed E-state index contributed by atoms with van der Waals surface area (Å²) in [6, 6.07) is 10.1. The quantitative estimate of drug-likeness (QED) is 0.417. The van der Waals surface area contributed by atoms with Crippen molar-refractivity contribution in [3.63, 3.8) is 0 Å². The van der Waals surface area contributed by atoms with Crippen molar-refractivity contribution >= 4 is 21.5 Å². The van der Waals surface area contributed by atoms with Gasteiger partial charge in [0.1, 0.15) is 4.90 Å². The van der Waals surface area contributed by atoms with Gasteiger partial charge in [0, 0.05) is 37.4 Å². The predicted octanol–water partition coefficient (Wildman–Crippen LogP) is 2.66. The lowest BCUT2D eigenvalue weighted by molar-refractivity contribution is 0.591. The first kappa shape index (κ1) is 19.6. The van der Waals surface area contributed by atoms with Crippen molar-refractivity contribution in [3.05, 3.63) is 66.7 Å². The topological polar surface area (TPSA) is 113 Å². The Balaban J connectivity index is 1.61. The highest BCUT2D eigenvalue weighted by Gasteiger charge is 2.19. The van der Waals surface area contributed by atoms with Gasteiger partial charge < -0.3 is 10.6 Å². The summed E-state index contributed by atoms with van der Waals surface area (Å²) < 4.78 is 27.1. The van der Waals surface area contributed by atoms with Crippen LogP contribution in [-0.2, 0) is 22.9 Å². The summed E-state index contributed by atoms with van der Waals surface area (Å²) in [4.78, 5) is 4.33. The number of hydrogen-bond donors (Lipinski definition) is 3. The molecule has 0 radical (unpaired) electrons. The summed E-state index contributed by atoms with van der Waals surface area (Å²) in [5.41, 5.74) is 1.62. The molecule has 0 unspecified atom stereocenters. The molecule has 0 atom stereocenters. The highest BCUT2D eigenvalue weighted by atomic mass is 32.2. The second kappa shape index (κ2) is 8.66. The van der Waals surface area contributed by atoms with Crippen LogP contribution in [0.3, 0.4) is 0 Å². The molecular formula is C19H22N6O2S. The van der Waals surface area contributed by atoms with Crippen LogP contribution in [-0.4, -0.2) is 29.1 Å². The lowest BCUT2D eigenvalue weighted by Crippen LogP contribution is -2.29. The van der Waals surface area contributed by atoms with Gasteiger partial charge in [0.2, 0.25) is 9.84 Å². The number of nitrogens with one attached hydrogen (secondary N) is 3. The number of hydrogen-bond acceptors (Lipinski definition) is 5. The van der Waals surface area contributed by atoms with E-state index < -0.39 is 9.84 Å². The van der Waals surface area contributed by atoms with Gasteiger partial charge in [-0.25, -0.2) is 8.42 Å². The molecule has 3 rings (SSSR count). The summed E-state index contributed by atoms with van der Waals surface area (Å²) in [6.07, 6.45) is 7.10. The summed E-state index contributed by atoms with van der Waals surface area (Å²) in [7, 11) is -3.59. The van der Waals surface area contributed by atoms with E-state index >= 15 is 0 Å². The summed E-state index contributed by atoms with van der Waals surface area (Å²) in [5.74, 6) is 0.145. The SMILES string of the molecule is CCCn1cc(S(=O)(=O)c2ccc(CNC(=N)Nc3ccncc3)cc2)cn1. The van der Waals surface area contributed by atoms with Gasteiger partial charge in [-0.05, 0) is 36.2 Å². The molecule has 2 heterocycles. The largest absolute Gasteiger partial charge is 0.352 e. The second-order valence-electron chi connectivity index (χ2n) is 6.18. The monoisotopic (exact) mass is 398 g/mol. The van der Waals surface area contributed by atoms with Crippen molar-refractivity contribution in [2.24, 2.45) is 0 Å². The Morgan fingerprint density at radius 1 is 1.11 bits per heavy atom. The highest BCUT2D eigenvalue weighted by Crippen LogP contribution is 2.20. The van der Waals surface area contributed by atoms with Gasteiger partial charge in [0.15, 0.2) is 5.96 Å². The highest BCUT2D eigenvalue weighted by molar-refractivity contribution is 7.91. The summed E-state index contributed by atoms with van der Waals surface area (Å²) >= 11 is 0. The maximum atomic E-state index is 12.7. The first-order chi connectivity index (χ1) is 13.5. The average molecular weight is 398 g/mol. The zero-order chi connectivity index (χ0) is 20.0. The Morgan fingerprint density at radius 2 is 1.82 bits per heavy atom. The Labute approximate surface area is 164 Å². The molecule has 2 aromatic heterocycles. The van der Waals surface area contributed by atoms with Crippen molar-refractivity contribution in [1.29, 1.82) is 5.41 Å². The second-order valence-corrected chi connectivity index (χ2v) is 8.13. The van der Waals surface area contributed by atoms with Gasteiger partial charge in [-0.3, -0.25) is 15.1 Å². The lowest BCUT2D eigenvalue weighted by Gasteiger charge is -2.10. The van der Waals surface area contributed by atoms with Gasteiger partial charge in [-0.15, -0.1) is 0 Å². The van der Waals surface area contributed by atoms with E-state index in [0.717, 1.165) is 17.7 Å². The van der Waals surface area contributed by atoms with E-state index in [-0.39, 0.29) is 15.8 Å². The molecule has 0 saturated heterocycles. The number of benzene rings is 1. The smallest absolute Gasteiger partial charge is 0.209 e. The molecule has 0 aliphatic rings. The normalized spacial score (nSPS) is 11.2. The maximum Gasteiger partial charge on any atom is 0.209 e. The van der Waals surface area contributed by atoms with E-state index in [1.54, 1.807) is 59.7 Å². The minimum absolute atomic E-state index is 0.145. The number of pyridine rings is 1. The van der Waals surface area contributed by atoms with Crippen LogP contribution in [0.2, 0.25) is 0 Å². The Morgan fingerprint density at radius 3 is 2.50 bits per heavy atom. The molecule has 0 spiro atoms. The molecule has 9 heteroatoms. The molecule has 0 saturated carbocycles.